The van der Waals surface area contributed by atoms with Crippen molar-refractivity contribution in [2.45, 2.75) is 74.1 Å². The van der Waals surface area contributed by atoms with Crippen molar-refractivity contribution in [2.75, 3.05) is 0 Å². The topological polar surface area (TPSA) is 24.7 Å². The van der Waals surface area contributed by atoms with Crippen LogP contribution >= 0.6 is 0 Å². The van der Waals surface area contributed by atoms with Crippen LogP contribution in [0, 0.1) is 6.92 Å². The third kappa shape index (κ3) is 4.26. The number of hydrogen-bond donors (Lipinski definition) is 0. The van der Waals surface area contributed by atoms with Gasteiger partial charge in [0, 0.05) is 17.0 Å². The van der Waals surface area contributed by atoms with E-state index in [4.69, 9.17) is 9.98 Å². The second kappa shape index (κ2) is 8.11. The largest absolute Gasteiger partial charge is 0.258 e. The maximum Gasteiger partial charge on any atom is 0.0714 e. The minimum Gasteiger partial charge on any atom is -0.258 e. The van der Waals surface area contributed by atoms with E-state index < -0.39 is 0 Å². The molecule has 0 N–H and O–H groups in total. The molecule has 0 bridgehead atoms. The van der Waals surface area contributed by atoms with Crippen LogP contribution in [0.4, 0.5) is 11.4 Å². The number of benzene rings is 1. The minimum absolute atomic E-state index is 0.973. The van der Waals surface area contributed by atoms with E-state index in [1.807, 2.05) is 0 Å². The Kier molecular flexibility index (Phi) is 6.80. The summed E-state index contributed by atoms with van der Waals surface area (Å²) >= 11 is 0. The summed E-state index contributed by atoms with van der Waals surface area (Å²) < 4.78 is 0. The van der Waals surface area contributed by atoms with Crippen LogP contribution in [-0.4, -0.2) is 11.4 Å². The molecule has 21 heavy (non-hydrogen) atoms. The van der Waals surface area contributed by atoms with Crippen LogP contribution in [0.2, 0.25) is 0 Å². The third-order valence-electron chi connectivity index (χ3n) is 4.00. The van der Waals surface area contributed by atoms with Crippen molar-refractivity contribution in [3.8, 4) is 0 Å². The zero-order chi connectivity index (χ0) is 16.0. The third-order valence-corrected chi connectivity index (χ3v) is 4.00. The van der Waals surface area contributed by atoms with Gasteiger partial charge < -0.3 is 0 Å². The summed E-state index contributed by atoms with van der Waals surface area (Å²) in [5.74, 6) is 0. The molecule has 0 aliphatic carbocycles. The Bertz CT molecular complexity index is 551. The monoisotopic (exact) mass is 286 g/mol. The highest BCUT2D eigenvalue weighted by molar-refractivity contribution is 5.88. The predicted molar refractivity (Wildman–Crippen MR) is 96.1 cm³/mol. The number of rotatable bonds is 6. The van der Waals surface area contributed by atoms with E-state index in [9.17, 15) is 0 Å². The van der Waals surface area contributed by atoms with Crippen molar-refractivity contribution in [3.05, 3.63) is 22.8 Å². The van der Waals surface area contributed by atoms with Gasteiger partial charge in [-0.1, -0.05) is 33.8 Å². The number of aliphatic imine (C=N–C) groups is 2. The summed E-state index contributed by atoms with van der Waals surface area (Å²) in [6, 6.07) is 2.27. The Hall–Kier alpha value is -1.44. The Morgan fingerprint density at radius 1 is 0.857 bits per heavy atom. The predicted octanol–water partition coefficient (Wildman–Crippen LogP) is 6.12. The molecule has 2 heteroatoms. The molecule has 0 saturated heterocycles. The van der Waals surface area contributed by atoms with Gasteiger partial charge in [0.05, 0.1) is 11.4 Å². The SMILES string of the molecule is CCC(C)=Nc1c(C)cc(CC)c(N=C(C)CC)c1CC. The molecule has 0 fully saturated rings. The van der Waals surface area contributed by atoms with E-state index in [-0.39, 0.29) is 0 Å². The maximum atomic E-state index is 4.90. The fourth-order valence-electron chi connectivity index (χ4n) is 2.38. The first-order valence-corrected chi connectivity index (χ1v) is 8.21. The van der Waals surface area contributed by atoms with Crippen molar-refractivity contribution >= 4 is 22.8 Å². The smallest absolute Gasteiger partial charge is 0.0714 e. The van der Waals surface area contributed by atoms with Crippen molar-refractivity contribution in [2.24, 2.45) is 9.98 Å². The first kappa shape index (κ1) is 17.6. The summed E-state index contributed by atoms with van der Waals surface area (Å²) in [7, 11) is 0. The van der Waals surface area contributed by atoms with Gasteiger partial charge in [-0.25, -0.2) is 0 Å². The molecule has 1 rings (SSSR count). The zero-order valence-corrected chi connectivity index (χ0v) is 14.8. The molecule has 0 saturated carbocycles. The van der Waals surface area contributed by atoms with Gasteiger partial charge >= 0.3 is 0 Å². The van der Waals surface area contributed by atoms with E-state index in [2.05, 4.69) is 54.5 Å². The number of nitrogens with zero attached hydrogens (tertiary/aromatic N) is 2. The molecule has 0 aliphatic rings. The van der Waals surface area contributed by atoms with Gasteiger partial charge in [0.25, 0.3) is 0 Å². The Morgan fingerprint density at radius 2 is 1.38 bits per heavy atom. The minimum atomic E-state index is 0.973. The molecule has 0 spiro atoms. The van der Waals surface area contributed by atoms with Crippen molar-refractivity contribution in [3.63, 3.8) is 0 Å². The van der Waals surface area contributed by atoms with Gasteiger partial charge in [-0.3, -0.25) is 9.98 Å². The summed E-state index contributed by atoms with van der Waals surface area (Å²) in [6.45, 7) is 15.1. The van der Waals surface area contributed by atoms with Crippen LogP contribution in [0.5, 0.6) is 0 Å². The molecular formula is C19H30N2. The summed E-state index contributed by atoms with van der Waals surface area (Å²) in [4.78, 5) is 9.77. The maximum absolute atomic E-state index is 4.90. The van der Waals surface area contributed by atoms with Crippen molar-refractivity contribution < 1.29 is 0 Å². The highest BCUT2D eigenvalue weighted by atomic mass is 14.8. The average Bonchev–Trinajstić information content (AvgIpc) is 2.49. The number of hydrogen-bond acceptors (Lipinski definition) is 2. The second-order valence-corrected chi connectivity index (χ2v) is 5.64. The van der Waals surface area contributed by atoms with E-state index >= 15 is 0 Å². The molecule has 1 aromatic carbocycles. The van der Waals surface area contributed by atoms with Crippen LogP contribution in [0.25, 0.3) is 0 Å². The summed E-state index contributed by atoms with van der Waals surface area (Å²) in [5.41, 5.74) is 8.57. The molecule has 1 aromatic rings. The lowest BCUT2D eigenvalue weighted by molar-refractivity contribution is 1.06. The molecule has 0 heterocycles. The van der Waals surface area contributed by atoms with E-state index in [0.29, 0.717) is 0 Å². The molecular weight excluding hydrogens is 256 g/mol. The zero-order valence-electron chi connectivity index (χ0n) is 14.8. The Morgan fingerprint density at radius 3 is 1.81 bits per heavy atom. The molecule has 0 radical (unpaired) electrons. The van der Waals surface area contributed by atoms with Gasteiger partial charge in [-0.2, -0.15) is 0 Å². The Balaban J connectivity index is 3.64. The lowest BCUT2D eigenvalue weighted by Gasteiger charge is -2.16. The normalized spacial score (nSPS) is 12.9. The molecule has 2 nitrogen and oxygen atoms in total. The van der Waals surface area contributed by atoms with E-state index in [1.54, 1.807) is 0 Å². The summed E-state index contributed by atoms with van der Waals surface area (Å²) in [5, 5.41) is 0. The van der Waals surface area contributed by atoms with E-state index in [0.717, 1.165) is 37.1 Å². The molecule has 0 amide bonds. The van der Waals surface area contributed by atoms with Crippen LogP contribution < -0.4 is 0 Å². The number of aryl methyl sites for hydroxylation is 2. The molecule has 0 unspecified atom stereocenters. The lowest BCUT2D eigenvalue weighted by atomic mass is 9.97. The molecule has 0 aromatic heterocycles. The van der Waals surface area contributed by atoms with Gasteiger partial charge in [-0.15, -0.1) is 0 Å². The van der Waals surface area contributed by atoms with Crippen LogP contribution in [0.1, 0.15) is 71.1 Å². The van der Waals surface area contributed by atoms with Crippen LogP contribution in [-0.2, 0) is 12.8 Å². The first-order valence-electron chi connectivity index (χ1n) is 8.21. The lowest BCUT2D eigenvalue weighted by Crippen LogP contribution is -1.97. The highest BCUT2D eigenvalue weighted by Crippen LogP contribution is 2.37. The highest BCUT2D eigenvalue weighted by Gasteiger charge is 2.14. The summed E-state index contributed by atoms with van der Waals surface area (Å²) in [6.07, 6.45) is 3.97. The fraction of sp³-hybridized carbons (Fsp3) is 0.579. The van der Waals surface area contributed by atoms with Gasteiger partial charge in [0.2, 0.25) is 0 Å². The molecule has 116 valence electrons. The van der Waals surface area contributed by atoms with E-state index in [1.165, 1.54) is 28.1 Å². The fourth-order valence-corrected chi connectivity index (χ4v) is 2.38. The standard InChI is InChI=1S/C19H30N2/c1-8-14(6)20-18-13(5)12-16(10-3)19(17(18)11-4)21-15(7)9-2/h12H,8-11H2,1-7H3. The van der Waals surface area contributed by atoms with Crippen molar-refractivity contribution in [1.82, 2.24) is 0 Å². The van der Waals surface area contributed by atoms with Gasteiger partial charge in [0.15, 0.2) is 0 Å². The molecule has 0 aliphatic heterocycles. The first-order chi connectivity index (χ1) is 9.98. The van der Waals surface area contributed by atoms with Crippen LogP contribution in [0.15, 0.2) is 16.1 Å². The van der Waals surface area contributed by atoms with Gasteiger partial charge in [0.1, 0.15) is 0 Å². The second-order valence-electron chi connectivity index (χ2n) is 5.64. The van der Waals surface area contributed by atoms with Crippen molar-refractivity contribution in [1.29, 1.82) is 0 Å². The average molecular weight is 286 g/mol. The Labute approximate surface area is 130 Å². The quantitative estimate of drug-likeness (QED) is 0.562. The molecule has 0 atom stereocenters. The van der Waals surface area contributed by atoms with Crippen LogP contribution in [0.3, 0.4) is 0 Å². The van der Waals surface area contributed by atoms with Gasteiger partial charge in [-0.05, 0) is 57.6 Å².